The monoisotopic (exact) mass is 225 g/mol. The molecule has 0 unspecified atom stereocenters. The van der Waals surface area contributed by atoms with Crippen LogP contribution >= 0.6 is 0 Å². The molecule has 2 heterocycles. The van der Waals surface area contributed by atoms with E-state index in [1.807, 2.05) is 24.3 Å². The standard InChI is InChI=1S/C12H7N3O2/c16-11-5-8(12(17)15-14-11)9-6-13-10-4-2-1-3-7(9)10/h1-6,13H. The average Bonchev–Trinajstić information content (AvgIpc) is 2.76. The zero-order valence-corrected chi connectivity index (χ0v) is 8.68. The third-order valence-electron chi connectivity index (χ3n) is 2.62. The molecule has 5 nitrogen and oxygen atoms in total. The van der Waals surface area contributed by atoms with Crippen molar-refractivity contribution in [3.05, 3.63) is 42.1 Å². The third-order valence-corrected chi connectivity index (χ3v) is 2.62. The van der Waals surface area contributed by atoms with Crippen molar-refractivity contribution in [2.24, 2.45) is 10.2 Å². The number of fused-ring (bicyclic) bond motifs is 1. The van der Waals surface area contributed by atoms with Crippen molar-refractivity contribution < 1.29 is 9.59 Å². The highest BCUT2D eigenvalue weighted by Crippen LogP contribution is 2.27. The van der Waals surface area contributed by atoms with Gasteiger partial charge < -0.3 is 4.98 Å². The third kappa shape index (κ3) is 1.48. The van der Waals surface area contributed by atoms with Gasteiger partial charge in [0.1, 0.15) is 0 Å². The van der Waals surface area contributed by atoms with Crippen molar-refractivity contribution in [1.82, 2.24) is 4.98 Å². The molecule has 82 valence electrons. The number of nitrogens with zero attached hydrogens (tertiary/aromatic N) is 2. The van der Waals surface area contributed by atoms with Gasteiger partial charge in [-0.15, -0.1) is 10.2 Å². The molecule has 1 aromatic heterocycles. The van der Waals surface area contributed by atoms with Crippen molar-refractivity contribution >= 4 is 28.3 Å². The number of para-hydroxylation sites is 1. The molecule has 3 rings (SSSR count). The number of aromatic nitrogens is 1. The normalized spacial score (nSPS) is 15.4. The largest absolute Gasteiger partial charge is 0.361 e. The quantitative estimate of drug-likeness (QED) is 0.806. The van der Waals surface area contributed by atoms with Gasteiger partial charge in [-0.1, -0.05) is 18.2 Å². The fraction of sp³-hybridized carbons (Fsp3) is 0. The second-order valence-electron chi connectivity index (χ2n) is 3.65. The molecule has 17 heavy (non-hydrogen) atoms. The first-order valence-corrected chi connectivity index (χ1v) is 5.04. The Bertz CT molecular complexity index is 695. The summed E-state index contributed by atoms with van der Waals surface area (Å²) in [6, 6.07) is 7.54. The summed E-state index contributed by atoms with van der Waals surface area (Å²) in [5.41, 5.74) is 1.87. The average molecular weight is 225 g/mol. The molecule has 5 heteroatoms. The van der Waals surface area contributed by atoms with E-state index in [-0.39, 0.29) is 5.57 Å². The summed E-state index contributed by atoms with van der Waals surface area (Å²) in [5, 5.41) is 7.40. The summed E-state index contributed by atoms with van der Waals surface area (Å²) in [6.07, 6.45) is 2.91. The number of carbonyl (C=O) groups excluding carboxylic acids is 2. The number of nitrogens with one attached hydrogen (secondary N) is 1. The van der Waals surface area contributed by atoms with Crippen molar-refractivity contribution in [3.8, 4) is 0 Å². The molecule has 1 N–H and O–H groups in total. The van der Waals surface area contributed by atoms with Crippen LogP contribution in [0.4, 0.5) is 0 Å². The Morgan fingerprint density at radius 1 is 1.06 bits per heavy atom. The zero-order valence-electron chi connectivity index (χ0n) is 8.68. The number of carbonyl (C=O) groups is 2. The lowest BCUT2D eigenvalue weighted by atomic mass is 10.0. The molecule has 1 aromatic carbocycles. The van der Waals surface area contributed by atoms with Crippen molar-refractivity contribution in [1.29, 1.82) is 0 Å². The van der Waals surface area contributed by atoms with Crippen LogP contribution in [-0.4, -0.2) is 16.8 Å². The van der Waals surface area contributed by atoms with E-state index in [4.69, 9.17) is 0 Å². The fourth-order valence-electron chi connectivity index (χ4n) is 1.85. The van der Waals surface area contributed by atoms with Gasteiger partial charge in [-0.2, -0.15) is 0 Å². The Morgan fingerprint density at radius 2 is 1.88 bits per heavy atom. The smallest absolute Gasteiger partial charge is 0.296 e. The Morgan fingerprint density at radius 3 is 2.76 bits per heavy atom. The number of H-pyrrole nitrogens is 1. The molecule has 0 atom stereocenters. The van der Waals surface area contributed by atoms with Crippen LogP contribution in [0.3, 0.4) is 0 Å². The van der Waals surface area contributed by atoms with Crippen LogP contribution in [0.2, 0.25) is 0 Å². The number of hydrogen-bond acceptors (Lipinski definition) is 2. The minimum Gasteiger partial charge on any atom is -0.361 e. The second-order valence-corrected chi connectivity index (χ2v) is 3.65. The molecule has 0 radical (unpaired) electrons. The van der Waals surface area contributed by atoms with E-state index in [0.29, 0.717) is 5.56 Å². The first kappa shape index (κ1) is 9.65. The molecule has 0 spiro atoms. The van der Waals surface area contributed by atoms with Gasteiger partial charge in [0.2, 0.25) is 0 Å². The predicted octanol–water partition coefficient (Wildman–Crippen LogP) is 2.07. The highest BCUT2D eigenvalue weighted by Gasteiger charge is 2.20. The van der Waals surface area contributed by atoms with E-state index >= 15 is 0 Å². The Hall–Kier alpha value is -2.56. The van der Waals surface area contributed by atoms with Gasteiger partial charge in [-0.3, -0.25) is 9.59 Å². The van der Waals surface area contributed by atoms with Crippen molar-refractivity contribution in [2.75, 3.05) is 0 Å². The molecular weight excluding hydrogens is 218 g/mol. The van der Waals surface area contributed by atoms with Crippen LogP contribution in [0.15, 0.2) is 46.8 Å². The van der Waals surface area contributed by atoms with E-state index in [9.17, 15) is 9.59 Å². The lowest BCUT2D eigenvalue weighted by Gasteiger charge is -2.03. The topological polar surface area (TPSA) is 74.7 Å². The number of benzene rings is 1. The van der Waals surface area contributed by atoms with Gasteiger partial charge in [0, 0.05) is 28.7 Å². The van der Waals surface area contributed by atoms with Crippen molar-refractivity contribution in [3.63, 3.8) is 0 Å². The molecule has 0 bridgehead atoms. The van der Waals surface area contributed by atoms with Crippen molar-refractivity contribution in [2.45, 2.75) is 0 Å². The zero-order chi connectivity index (χ0) is 11.8. The van der Waals surface area contributed by atoms with Crippen LogP contribution in [-0.2, 0) is 9.59 Å². The summed E-state index contributed by atoms with van der Waals surface area (Å²) >= 11 is 0. The maximum Gasteiger partial charge on any atom is 0.296 e. The first-order valence-electron chi connectivity index (χ1n) is 5.04. The van der Waals surface area contributed by atoms with Crippen LogP contribution in [0.25, 0.3) is 16.5 Å². The van der Waals surface area contributed by atoms with Crippen LogP contribution in [0.5, 0.6) is 0 Å². The van der Waals surface area contributed by atoms with Gasteiger partial charge in [-0.25, -0.2) is 0 Å². The minimum atomic E-state index is -0.509. The van der Waals surface area contributed by atoms with Gasteiger partial charge in [0.25, 0.3) is 11.8 Å². The van der Waals surface area contributed by atoms with E-state index < -0.39 is 11.8 Å². The second kappa shape index (κ2) is 3.48. The van der Waals surface area contributed by atoms with E-state index in [1.54, 1.807) is 6.20 Å². The minimum absolute atomic E-state index is 0.280. The molecule has 2 amide bonds. The number of amides is 2. The van der Waals surface area contributed by atoms with E-state index in [1.165, 1.54) is 6.08 Å². The van der Waals surface area contributed by atoms with Gasteiger partial charge in [-0.05, 0) is 6.07 Å². The maximum absolute atomic E-state index is 11.6. The van der Waals surface area contributed by atoms with E-state index in [0.717, 1.165) is 10.9 Å². The van der Waals surface area contributed by atoms with E-state index in [2.05, 4.69) is 15.2 Å². The lowest BCUT2D eigenvalue weighted by molar-refractivity contribution is -0.118. The summed E-state index contributed by atoms with van der Waals surface area (Å²) in [7, 11) is 0. The first-order chi connectivity index (χ1) is 8.25. The predicted molar refractivity (Wildman–Crippen MR) is 61.1 cm³/mol. The molecular formula is C12H7N3O2. The summed E-state index contributed by atoms with van der Waals surface area (Å²) in [6.45, 7) is 0. The molecule has 0 fully saturated rings. The molecule has 0 saturated carbocycles. The fourth-order valence-corrected chi connectivity index (χ4v) is 1.85. The molecule has 0 aliphatic carbocycles. The van der Waals surface area contributed by atoms with Gasteiger partial charge in [0.15, 0.2) is 0 Å². The molecule has 0 saturated heterocycles. The summed E-state index contributed by atoms with van der Waals surface area (Å²) < 4.78 is 0. The Labute approximate surface area is 95.9 Å². The molecule has 1 aliphatic heterocycles. The highest BCUT2D eigenvalue weighted by molar-refractivity contribution is 6.28. The lowest BCUT2D eigenvalue weighted by Crippen LogP contribution is -2.05. The van der Waals surface area contributed by atoms with Crippen LogP contribution in [0.1, 0.15) is 5.56 Å². The Kier molecular flexibility index (Phi) is 1.98. The number of aromatic amines is 1. The Balaban J connectivity index is 2.22. The summed E-state index contributed by atoms with van der Waals surface area (Å²) in [5.74, 6) is -1.00. The highest BCUT2D eigenvalue weighted by atomic mass is 16.2. The summed E-state index contributed by atoms with van der Waals surface area (Å²) in [4.78, 5) is 25.8. The van der Waals surface area contributed by atoms with Gasteiger partial charge >= 0.3 is 0 Å². The van der Waals surface area contributed by atoms with Crippen LogP contribution < -0.4 is 0 Å². The molecule has 2 aromatic rings. The SMILES string of the molecule is O=C1C=C(c2c[nH]c3ccccc23)C(=O)N=N1. The number of azo groups is 1. The maximum atomic E-state index is 11.6. The van der Waals surface area contributed by atoms with Crippen LogP contribution in [0, 0.1) is 0 Å². The van der Waals surface area contributed by atoms with Gasteiger partial charge in [0.05, 0.1) is 5.57 Å². The number of rotatable bonds is 1. The number of hydrogen-bond donors (Lipinski definition) is 1. The molecule has 1 aliphatic rings.